The van der Waals surface area contributed by atoms with Gasteiger partial charge in [-0.25, -0.2) is 0 Å². The highest BCUT2D eigenvalue weighted by Crippen LogP contribution is 2.34. The molecule has 0 atom stereocenters. The number of aromatic amines is 1. The smallest absolute Gasteiger partial charge is 0.322 e. The summed E-state index contributed by atoms with van der Waals surface area (Å²) in [6, 6.07) is 2.89. The minimum absolute atomic E-state index is 0.344. The van der Waals surface area contributed by atoms with Gasteiger partial charge in [0.25, 0.3) is 0 Å². The van der Waals surface area contributed by atoms with Crippen LogP contribution in [0.1, 0.15) is 5.56 Å². The van der Waals surface area contributed by atoms with Crippen LogP contribution in [-0.4, -0.2) is 17.1 Å². The summed E-state index contributed by atoms with van der Waals surface area (Å²) in [5, 5.41) is 1.08. The van der Waals surface area contributed by atoms with Crippen molar-refractivity contribution in [3.63, 3.8) is 0 Å². The van der Waals surface area contributed by atoms with Crippen LogP contribution in [0.5, 0.6) is 0 Å². The first-order valence-electron chi connectivity index (χ1n) is 5.61. The lowest BCUT2D eigenvalue weighted by Gasteiger charge is -2.12. The third-order valence-electron chi connectivity index (χ3n) is 2.66. The summed E-state index contributed by atoms with van der Waals surface area (Å²) >= 11 is 0. The summed E-state index contributed by atoms with van der Waals surface area (Å²) < 4.78 is 74.7. The number of hydrogen-bond donors (Lipinski definition) is 2. The maximum atomic E-state index is 12.8. The number of pyridine rings is 1. The number of halogens is 6. The van der Waals surface area contributed by atoms with E-state index in [2.05, 4.69) is 4.98 Å². The number of aromatic nitrogens is 1. The molecule has 0 aliphatic rings. The Labute approximate surface area is 117 Å². The quantitative estimate of drug-likeness (QED) is 0.792. The number of H-pyrrole nitrogens is 1. The van der Waals surface area contributed by atoms with E-state index in [0.29, 0.717) is 6.07 Å². The molecule has 0 aliphatic carbocycles. The lowest BCUT2D eigenvalue weighted by atomic mass is 10.1. The van der Waals surface area contributed by atoms with Gasteiger partial charge in [-0.05, 0) is 12.1 Å². The van der Waals surface area contributed by atoms with Crippen LogP contribution < -0.4 is 10.9 Å². The van der Waals surface area contributed by atoms with Crippen molar-refractivity contribution in [2.45, 2.75) is 12.4 Å². The van der Waals surface area contributed by atoms with Gasteiger partial charge in [0.2, 0.25) is 5.56 Å². The van der Waals surface area contributed by atoms with E-state index in [9.17, 15) is 35.9 Å². The molecule has 2 aromatic rings. The Balaban J connectivity index is 2.53. The van der Waals surface area contributed by atoms with Gasteiger partial charge < -0.3 is 10.3 Å². The predicted octanol–water partition coefficient (Wildman–Crippen LogP) is 3.05. The minimum atomic E-state index is -5.14. The highest BCUT2D eigenvalue weighted by molar-refractivity contribution is 5.97. The highest BCUT2D eigenvalue weighted by atomic mass is 19.4. The molecule has 4 nitrogen and oxygen atoms in total. The molecule has 10 heteroatoms. The third kappa shape index (κ3) is 3.21. The first-order chi connectivity index (χ1) is 9.98. The van der Waals surface area contributed by atoms with E-state index in [1.807, 2.05) is 0 Å². The molecule has 0 saturated carbocycles. The normalized spacial score (nSPS) is 12.5. The molecule has 1 aromatic carbocycles. The van der Waals surface area contributed by atoms with Crippen LogP contribution in [0.2, 0.25) is 0 Å². The van der Waals surface area contributed by atoms with E-state index in [0.717, 1.165) is 18.2 Å². The van der Waals surface area contributed by atoms with E-state index >= 15 is 0 Å². The summed E-state index contributed by atoms with van der Waals surface area (Å²) in [6.07, 6.45) is -9.95. The number of benzene rings is 1. The highest BCUT2D eigenvalue weighted by Gasteiger charge is 2.39. The van der Waals surface area contributed by atoms with Crippen molar-refractivity contribution in [2.24, 2.45) is 0 Å². The number of carbonyl (C=O) groups is 1. The molecule has 0 fully saturated rings. The molecule has 0 bridgehead atoms. The topological polar surface area (TPSA) is 62.0 Å². The maximum absolute atomic E-state index is 12.8. The van der Waals surface area contributed by atoms with Gasteiger partial charge in [-0.1, -0.05) is 6.07 Å². The molecule has 0 aliphatic heterocycles. The predicted molar refractivity (Wildman–Crippen MR) is 64.3 cm³/mol. The fourth-order valence-electron chi connectivity index (χ4n) is 1.77. The second kappa shape index (κ2) is 5.04. The number of carbonyl (C=O) groups excluding carboxylic acids is 1. The number of amides is 1. The van der Waals surface area contributed by atoms with Gasteiger partial charge in [0.05, 0.1) is 11.1 Å². The average molecular weight is 324 g/mol. The Morgan fingerprint density at radius 3 is 2.23 bits per heavy atom. The molecule has 1 heterocycles. The summed E-state index contributed by atoms with van der Waals surface area (Å²) in [5.74, 6) is -2.28. The molecule has 1 amide bonds. The van der Waals surface area contributed by atoms with E-state index < -0.39 is 40.5 Å². The van der Waals surface area contributed by atoms with Crippen molar-refractivity contribution in [1.29, 1.82) is 0 Å². The molecule has 2 N–H and O–H groups in total. The standard InChI is InChI=1S/C12H6F6N2O2/c13-11(14,15)7-4-9(21)20-8-3-5(1-2-6(7)8)19-10(22)12(16,17)18/h1-4H,(H,19,22)(H,20,21). The van der Waals surface area contributed by atoms with E-state index in [1.54, 1.807) is 0 Å². The number of alkyl halides is 6. The van der Waals surface area contributed by atoms with Crippen LogP contribution in [-0.2, 0) is 11.0 Å². The Morgan fingerprint density at radius 2 is 1.68 bits per heavy atom. The van der Waals surface area contributed by atoms with Gasteiger partial charge in [0.15, 0.2) is 0 Å². The first kappa shape index (κ1) is 15.9. The Hall–Kier alpha value is -2.52. The number of rotatable bonds is 1. The lowest BCUT2D eigenvalue weighted by Crippen LogP contribution is -2.29. The first-order valence-corrected chi connectivity index (χ1v) is 5.61. The van der Waals surface area contributed by atoms with Crippen LogP contribution in [0.4, 0.5) is 32.0 Å². The van der Waals surface area contributed by atoms with Crippen LogP contribution in [0.3, 0.4) is 0 Å². The molecule has 0 spiro atoms. The van der Waals surface area contributed by atoms with Gasteiger partial charge >= 0.3 is 18.3 Å². The molecule has 2 rings (SSSR count). The maximum Gasteiger partial charge on any atom is 0.471 e. The van der Waals surface area contributed by atoms with Crippen molar-refractivity contribution in [3.8, 4) is 0 Å². The van der Waals surface area contributed by atoms with Gasteiger partial charge in [-0.3, -0.25) is 9.59 Å². The summed E-state index contributed by atoms with van der Waals surface area (Å²) in [6.45, 7) is 0. The number of hydrogen-bond acceptors (Lipinski definition) is 2. The number of nitrogens with one attached hydrogen (secondary N) is 2. The van der Waals surface area contributed by atoms with Gasteiger partial charge in [-0.2, -0.15) is 26.3 Å². The Morgan fingerprint density at radius 1 is 1.05 bits per heavy atom. The number of anilines is 1. The molecular weight excluding hydrogens is 318 g/mol. The zero-order valence-electron chi connectivity index (χ0n) is 10.4. The fourth-order valence-corrected chi connectivity index (χ4v) is 1.77. The van der Waals surface area contributed by atoms with Gasteiger partial charge in [-0.15, -0.1) is 0 Å². The monoisotopic (exact) mass is 324 g/mol. The molecule has 22 heavy (non-hydrogen) atoms. The zero-order chi connectivity index (χ0) is 16.7. The van der Waals surface area contributed by atoms with Gasteiger partial charge in [0, 0.05) is 17.1 Å². The summed E-state index contributed by atoms with van der Waals surface area (Å²) in [7, 11) is 0. The SMILES string of the molecule is O=C(Nc1ccc2c(C(F)(F)F)cc(=O)[nH]c2c1)C(F)(F)F. The van der Waals surface area contributed by atoms with Crippen LogP contribution in [0.25, 0.3) is 10.9 Å². The van der Waals surface area contributed by atoms with E-state index in [4.69, 9.17) is 0 Å². The number of fused-ring (bicyclic) bond motifs is 1. The van der Waals surface area contributed by atoms with E-state index in [1.165, 1.54) is 5.32 Å². The Bertz CT molecular complexity index is 791. The second-order valence-electron chi connectivity index (χ2n) is 4.26. The summed E-state index contributed by atoms with van der Waals surface area (Å²) in [4.78, 5) is 24.1. The van der Waals surface area contributed by atoms with Crippen molar-refractivity contribution >= 4 is 22.5 Å². The van der Waals surface area contributed by atoms with Gasteiger partial charge in [0.1, 0.15) is 0 Å². The Kier molecular flexibility index (Phi) is 3.63. The second-order valence-corrected chi connectivity index (χ2v) is 4.26. The van der Waals surface area contributed by atoms with Crippen molar-refractivity contribution in [1.82, 2.24) is 4.98 Å². The molecule has 0 radical (unpaired) electrons. The van der Waals surface area contributed by atoms with Crippen LogP contribution in [0, 0.1) is 0 Å². The molecule has 118 valence electrons. The van der Waals surface area contributed by atoms with Crippen LogP contribution in [0.15, 0.2) is 29.1 Å². The third-order valence-corrected chi connectivity index (χ3v) is 2.66. The zero-order valence-corrected chi connectivity index (χ0v) is 10.4. The van der Waals surface area contributed by atoms with E-state index in [-0.39, 0.29) is 5.52 Å². The average Bonchev–Trinajstić information content (AvgIpc) is 2.35. The molecular formula is C12H6F6N2O2. The minimum Gasteiger partial charge on any atom is -0.322 e. The lowest BCUT2D eigenvalue weighted by molar-refractivity contribution is -0.167. The molecule has 1 aromatic heterocycles. The summed E-state index contributed by atoms with van der Waals surface area (Å²) in [5.41, 5.74) is -3.04. The van der Waals surface area contributed by atoms with Crippen LogP contribution >= 0.6 is 0 Å². The molecule has 0 saturated heterocycles. The van der Waals surface area contributed by atoms with Crippen molar-refractivity contribution in [3.05, 3.63) is 40.2 Å². The largest absolute Gasteiger partial charge is 0.471 e. The molecule has 0 unspecified atom stereocenters. The van der Waals surface area contributed by atoms with Crippen molar-refractivity contribution in [2.75, 3.05) is 5.32 Å². The van der Waals surface area contributed by atoms with Crippen molar-refractivity contribution < 1.29 is 31.1 Å². The fraction of sp³-hybridized carbons (Fsp3) is 0.167.